The van der Waals surface area contributed by atoms with Gasteiger partial charge in [-0.2, -0.15) is 0 Å². The fourth-order valence-electron chi connectivity index (χ4n) is 2.00. The molecule has 0 aliphatic carbocycles. The Labute approximate surface area is 101 Å². The van der Waals surface area contributed by atoms with Crippen molar-refractivity contribution in [1.29, 1.82) is 0 Å². The van der Waals surface area contributed by atoms with Crippen LogP contribution >= 0.6 is 0 Å². The molecule has 4 heteroatoms. The minimum atomic E-state index is -0.627. The van der Waals surface area contributed by atoms with E-state index in [1.807, 2.05) is 6.92 Å². The predicted octanol–water partition coefficient (Wildman–Crippen LogP) is 1.26. The SMILES string of the molecule is CC1(O)CCN(C(=O)c2ccc(N)cc2)CC1. The lowest BCUT2D eigenvalue weighted by atomic mass is 9.93. The molecular weight excluding hydrogens is 216 g/mol. The van der Waals surface area contributed by atoms with Gasteiger partial charge in [0.1, 0.15) is 0 Å². The van der Waals surface area contributed by atoms with Crippen molar-refractivity contribution >= 4 is 11.6 Å². The summed E-state index contributed by atoms with van der Waals surface area (Å²) in [4.78, 5) is 13.9. The maximum atomic E-state index is 12.1. The number of carbonyl (C=O) groups is 1. The first-order valence-corrected chi connectivity index (χ1v) is 5.85. The van der Waals surface area contributed by atoms with E-state index < -0.39 is 5.60 Å². The molecule has 1 aliphatic heterocycles. The highest BCUT2D eigenvalue weighted by atomic mass is 16.3. The van der Waals surface area contributed by atoms with Crippen LogP contribution in [0.3, 0.4) is 0 Å². The normalized spacial score (nSPS) is 19.1. The highest BCUT2D eigenvalue weighted by Crippen LogP contribution is 2.22. The number of aliphatic hydroxyl groups is 1. The van der Waals surface area contributed by atoms with E-state index in [1.54, 1.807) is 29.2 Å². The molecule has 1 aromatic carbocycles. The smallest absolute Gasteiger partial charge is 0.253 e. The summed E-state index contributed by atoms with van der Waals surface area (Å²) < 4.78 is 0. The average molecular weight is 234 g/mol. The van der Waals surface area contributed by atoms with Gasteiger partial charge < -0.3 is 15.7 Å². The second-order valence-electron chi connectivity index (χ2n) is 4.91. The number of benzene rings is 1. The molecule has 1 heterocycles. The van der Waals surface area contributed by atoms with Crippen LogP contribution in [0.2, 0.25) is 0 Å². The van der Waals surface area contributed by atoms with Crippen molar-refractivity contribution in [3.8, 4) is 0 Å². The number of anilines is 1. The number of carbonyl (C=O) groups excluding carboxylic acids is 1. The second kappa shape index (κ2) is 4.37. The van der Waals surface area contributed by atoms with E-state index >= 15 is 0 Å². The van der Waals surface area contributed by atoms with Crippen LogP contribution in [-0.2, 0) is 0 Å². The molecular formula is C13H18N2O2. The van der Waals surface area contributed by atoms with E-state index in [1.165, 1.54) is 0 Å². The van der Waals surface area contributed by atoms with Gasteiger partial charge in [-0.15, -0.1) is 0 Å². The predicted molar refractivity (Wildman–Crippen MR) is 66.6 cm³/mol. The topological polar surface area (TPSA) is 66.6 Å². The van der Waals surface area contributed by atoms with Gasteiger partial charge in [0.05, 0.1) is 5.60 Å². The Morgan fingerprint density at radius 1 is 1.29 bits per heavy atom. The number of piperidine rings is 1. The molecule has 92 valence electrons. The van der Waals surface area contributed by atoms with Crippen molar-refractivity contribution in [3.63, 3.8) is 0 Å². The molecule has 1 aromatic rings. The summed E-state index contributed by atoms with van der Waals surface area (Å²) in [7, 11) is 0. The third kappa shape index (κ3) is 2.77. The molecule has 0 saturated carbocycles. The lowest BCUT2D eigenvalue weighted by Gasteiger charge is -2.35. The van der Waals surface area contributed by atoms with Gasteiger partial charge in [0, 0.05) is 24.3 Å². The van der Waals surface area contributed by atoms with Crippen molar-refractivity contribution in [2.24, 2.45) is 0 Å². The van der Waals surface area contributed by atoms with E-state index in [4.69, 9.17) is 5.73 Å². The summed E-state index contributed by atoms with van der Waals surface area (Å²) in [6.07, 6.45) is 1.27. The molecule has 3 N–H and O–H groups in total. The van der Waals surface area contributed by atoms with Crippen molar-refractivity contribution in [2.45, 2.75) is 25.4 Å². The highest BCUT2D eigenvalue weighted by Gasteiger charge is 2.29. The van der Waals surface area contributed by atoms with Crippen LogP contribution in [-0.4, -0.2) is 34.6 Å². The zero-order chi connectivity index (χ0) is 12.5. The van der Waals surface area contributed by atoms with E-state index in [9.17, 15) is 9.90 Å². The summed E-state index contributed by atoms with van der Waals surface area (Å²) in [6.45, 7) is 3.03. The first-order chi connectivity index (χ1) is 7.98. The van der Waals surface area contributed by atoms with Gasteiger partial charge in [-0.3, -0.25) is 4.79 Å². The van der Waals surface area contributed by atoms with Gasteiger partial charge in [-0.05, 0) is 44.0 Å². The second-order valence-corrected chi connectivity index (χ2v) is 4.91. The fourth-order valence-corrected chi connectivity index (χ4v) is 2.00. The van der Waals surface area contributed by atoms with Gasteiger partial charge in [0.25, 0.3) is 5.91 Å². The molecule has 1 fully saturated rings. The maximum absolute atomic E-state index is 12.1. The zero-order valence-corrected chi connectivity index (χ0v) is 10.0. The van der Waals surface area contributed by atoms with Crippen molar-refractivity contribution < 1.29 is 9.90 Å². The number of hydrogen-bond acceptors (Lipinski definition) is 3. The Kier molecular flexibility index (Phi) is 3.07. The Hall–Kier alpha value is -1.55. The van der Waals surface area contributed by atoms with Gasteiger partial charge in [0.15, 0.2) is 0 Å². The maximum Gasteiger partial charge on any atom is 0.253 e. The van der Waals surface area contributed by atoms with Crippen LogP contribution in [0.5, 0.6) is 0 Å². The number of nitrogens with zero attached hydrogens (tertiary/aromatic N) is 1. The monoisotopic (exact) mass is 234 g/mol. The minimum Gasteiger partial charge on any atom is -0.399 e. The molecule has 2 rings (SSSR count). The van der Waals surface area contributed by atoms with Crippen molar-refractivity contribution in [2.75, 3.05) is 18.8 Å². The molecule has 1 saturated heterocycles. The van der Waals surface area contributed by atoms with E-state index in [0.717, 1.165) is 0 Å². The number of likely N-dealkylation sites (tertiary alicyclic amines) is 1. The van der Waals surface area contributed by atoms with Crippen LogP contribution < -0.4 is 5.73 Å². The molecule has 0 bridgehead atoms. The first-order valence-electron chi connectivity index (χ1n) is 5.85. The third-order valence-electron chi connectivity index (χ3n) is 3.29. The van der Waals surface area contributed by atoms with Crippen molar-refractivity contribution in [3.05, 3.63) is 29.8 Å². The standard InChI is InChI=1S/C13H18N2O2/c1-13(17)6-8-15(9-7-13)12(16)10-2-4-11(14)5-3-10/h2-5,17H,6-9,14H2,1H3. The molecule has 0 unspecified atom stereocenters. The van der Waals surface area contributed by atoms with Gasteiger partial charge in [-0.1, -0.05) is 0 Å². The number of amides is 1. The third-order valence-corrected chi connectivity index (χ3v) is 3.29. The van der Waals surface area contributed by atoms with Gasteiger partial charge in [0.2, 0.25) is 0 Å². The quantitative estimate of drug-likeness (QED) is 0.719. The summed E-state index contributed by atoms with van der Waals surface area (Å²) in [5.74, 6) is 0.0144. The van der Waals surface area contributed by atoms with Crippen LogP contribution in [0.4, 0.5) is 5.69 Å². The van der Waals surface area contributed by atoms with Crippen LogP contribution in [0.25, 0.3) is 0 Å². The first kappa shape index (κ1) is 11.9. The lowest BCUT2D eigenvalue weighted by Crippen LogP contribution is -2.45. The Balaban J connectivity index is 2.04. The number of rotatable bonds is 1. The Morgan fingerprint density at radius 3 is 2.35 bits per heavy atom. The average Bonchev–Trinajstić information content (AvgIpc) is 2.29. The molecule has 0 atom stereocenters. The molecule has 0 spiro atoms. The number of nitrogen functional groups attached to an aromatic ring is 1. The molecule has 1 aliphatic rings. The van der Waals surface area contributed by atoms with Gasteiger partial charge >= 0.3 is 0 Å². The lowest BCUT2D eigenvalue weighted by molar-refractivity contribution is -0.00202. The highest BCUT2D eigenvalue weighted by molar-refractivity contribution is 5.94. The summed E-state index contributed by atoms with van der Waals surface area (Å²) in [5.41, 5.74) is 6.26. The van der Waals surface area contributed by atoms with Crippen LogP contribution in [0, 0.1) is 0 Å². The van der Waals surface area contributed by atoms with E-state index in [0.29, 0.717) is 37.2 Å². The number of hydrogen-bond donors (Lipinski definition) is 2. The van der Waals surface area contributed by atoms with Gasteiger partial charge in [-0.25, -0.2) is 0 Å². The summed E-state index contributed by atoms with van der Waals surface area (Å²) in [6, 6.07) is 6.94. The summed E-state index contributed by atoms with van der Waals surface area (Å²) >= 11 is 0. The molecule has 0 radical (unpaired) electrons. The molecule has 4 nitrogen and oxygen atoms in total. The van der Waals surface area contributed by atoms with Crippen LogP contribution in [0.1, 0.15) is 30.1 Å². The summed E-state index contributed by atoms with van der Waals surface area (Å²) in [5, 5.41) is 9.83. The van der Waals surface area contributed by atoms with E-state index in [-0.39, 0.29) is 5.91 Å². The fraction of sp³-hybridized carbons (Fsp3) is 0.462. The largest absolute Gasteiger partial charge is 0.399 e. The minimum absolute atomic E-state index is 0.0144. The molecule has 0 aromatic heterocycles. The Morgan fingerprint density at radius 2 is 1.82 bits per heavy atom. The molecule has 17 heavy (non-hydrogen) atoms. The van der Waals surface area contributed by atoms with E-state index in [2.05, 4.69) is 0 Å². The Bertz CT molecular complexity index is 402. The van der Waals surface area contributed by atoms with Crippen LogP contribution in [0.15, 0.2) is 24.3 Å². The number of nitrogens with two attached hydrogens (primary N) is 1. The zero-order valence-electron chi connectivity index (χ0n) is 10.0. The molecule has 1 amide bonds. The van der Waals surface area contributed by atoms with Crippen molar-refractivity contribution in [1.82, 2.24) is 4.90 Å².